The van der Waals surface area contributed by atoms with E-state index in [1.165, 1.54) is 51.4 Å². The summed E-state index contributed by atoms with van der Waals surface area (Å²) in [4.78, 5) is 0. The molecule has 0 heterocycles. The third kappa shape index (κ3) is 17.0. The molecule has 0 aliphatic carbocycles. The van der Waals surface area contributed by atoms with Crippen LogP contribution >= 0.6 is 0 Å². The van der Waals surface area contributed by atoms with Gasteiger partial charge in [-0.25, -0.2) is 0 Å². The third-order valence-electron chi connectivity index (χ3n) is 3.76. The first-order valence-corrected chi connectivity index (χ1v) is 9.27. The minimum atomic E-state index is 1.03. The van der Waals surface area contributed by atoms with Crippen LogP contribution in [0.1, 0.15) is 91.9 Å². The maximum Gasteiger partial charge on any atom is -0.0169 e. The Balaban J connectivity index is 0. The standard InChI is InChI=1S/2C11H20/c2*1-4-7-9-11(6-3)10-8-5-2/h2*4,9H,1,5-8,10H2,2-3H3. The Morgan fingerprint density at radius 3 is 1.27 bits per heavy atom. The quantitative estimate of drug-likeness (QED) is 0.319. The van der Waals surface area contributed by atoms with Crippen molar-refractivity contribution in [1.29, 1.82) is 0 Å². The van der Waals surface area contributed by atoms with Gasteiger partial charge < -0.3 is 0 Å². The Hall–Kier alpha value is -1.04. The average Bonchev–Trinajstić information content (AvgIpc) is 2.56. The maximum atomic E-state index is 3.70. The zero-order valence-electron chi connectivity index (χ0n) is 15.8. The van der Waals surface area contributed by atoms with Gasteiger partial charge in [-0.15, -0.1) is 13.2 Å². The molecule has 0 unspecified atom stereocenters. The van der Waals surface area contributed by atoms with E-state index < -0.39 is 0 Å². The molecule has 0 spiro atoms. The average molecular weight is 305 g/mol. The van der Waals surface area contributed by atoms with Crippen molar-refractivity contribution in [3.63, 3.8) is 0 Å². The molecule has 0 rings (SSSR count). The highest BCUT2D eigenvalue weighted by atomic mass is 14.0. The van der Waals surface area contributed by atoms with Crippen LogP contribution in [-0.2, 0) is 0 Å². The third-order valence-corrected chi connectivity index (χ3v) is 3.76. The molecule has 0 fully saturated rings. The van der Waals surface area contributed by atoms with Crippen LogP contribution in [0.4, 0.5) is 0 Å². The van der Waals surface area contributed by atoms with E-state index >= 15 is 0 Å². The molecule has 0 atom stereocenters. The number of hydrogen-bond donors (Lipinski definition) is 0. The molecule has 0 aromatic carbocycles. The molecule has 0 heteroatoms. The molecule has 128 valence electrons. The Kier molecular flexibility index (Phi) is 21.1. The first kappa shape index (κ1) is 23.2. The van der Waals surface area contributed by atoms with Crippen LogP contribution in [0.3, 0.4) is 0 Å². The van der Waals surface area contributed by atoms with Gasteiger partial charge in [0.1, 0.15) is 0 Å². The van der Waals surface area contributed by atoms with Crippen molar-refractivity contribution in [2.45, 2.75) is 91.9 Å². The van der Waals surface area contributed by atoms with Crippen LogP contribution in [0.5, 0.6) is 0 Å². The van der Waals surface area contributed by atoms with Gasteiger partial charge in [-0.3, -0.25) is 0 Å². The van der Waals surface area contributed by atoms with Gasteiger partial charge in [0.05, 0.1) is 0 Å². The van der Waals surface area contributed by atoms with E-state index in [9.17, 15) is 0 Å². The Labute approximate surface area is 141 Å². The van der Waals surface area contributed by atoms with E-state index in [1.807, 2.05) is 12.2 Å². The van der Waals surface area contributed by atoms with Crippen LogP contribution in [0.25, 0.3) is 0 Å². The summed E-state index contributed by atoms with van der Waals surface area (Å²) < 4.78 is 0. The monoisotopic (exact) mass is 304 g/mol. The molecule has 0 amide bonds. The number of allylic oxidation sites excluding steroid dienone is 6. The minimum absolute atomic E-state index is 1.03. The zero-order valence-corrected chi connectivity index (χ0v) is 15.8. The van der Waals surface area contributed by atoms with E-state index in [0.29, 0.717) is 0 Å². The second kappa shape index (κ2) is 20.0. The van der Waals surface area contributed by atoms with Crippen LogP contribution in [0.15, 0.2) is 48.6 Å². The van der Waals surface area contributed by atoms with Crippen molar-refractivity contribution in [3.8, 4) is 0 Å². The van der Waals surface area contributed by atoms with Crippen LogP contribution in [0, 0.1) is 0 Å². The SMILES string of the molecule is C=CCC=C(CC)CCCC.C=CCC=C(CC)CCCC. The molecule has 0 aliphatic rings. The maximum absolute atomic E-state index is 3.70. The molecule has 0 aliphatic heterocycles. The highest BCUT2D eigenvalue weighted by molar-refractivity contribution is 5.04. The minimum Gasteiger partial charge on any atom is -0.103 e. The number of unbranched alkanes of at least 4 members (excludes halogenated alkanes) is 2. The van der Waals surface area contributed by atoms with Crippen molar-refractivity contribution in [1.82, 2.24) is 0 Å². The van der Waals surface area contributed by atoms with Gasteiger partial charge in [-0.05, 0) is 51.4 Å². The van der Waals surface area contributed by atoms with E-state index in [0.717, 1.165) is 12.8 Å². The molecule has 0 radical (unpaired) electrons. The largest absolute Gasteiger partial charge is 0.103 e. The molecule has 0 aromatic heterocycles. The fraction of sp³-hybridized carbons (Fsp3) is 0.636. The highest BCUT2D eigenvalue weighted by Gasteiger charge is 1.92. The molecule has 0 bridgehead atoms. The van der Waals surface area contributed by atoms with Crippen molar-refractivity contribution in [2.24, 2.45) is 0 Å². The fourth-order valence-corrected chi connectivity index (χ4v) is 2.15. The Morgan fingerprint density at radius 2 is 1.05 bits per heavy atom. The summed E-state index contributed by atoms with van der Waals surface area (Å²) in [6.07, 6.45) is 20.8. The van der Waals surface area contributed by atoms with Gasteiger partial charge in [0, 0.05) is 0 Å². The topological polar surface area (TPSA) is 0 Å². The van der Waals surface area contributed by atoms with Gasteiger partial charge in [-0.2, -0.15) is 0 Å². The molecule has 0 N–H and O–H groups in total. The van der Waals surface area contributed by atoms with Crippen molar-refractivity contribution in [3.05, 3.63) is 48.6 Å². The molecular formula is C22H40. The van der Waals surface area contributed by atoms with E-state index in [1.54, 1.807) is 11.1 Å². The Bertz CT molecular complexity index is 272. The second-order valence-electron chi connectivity index (χ2n) is 5.69. The van der Waals surface area contributed by atoms with Gasteiger partial charge in [0.2, 0.25) is 0 Å². The first-order chi connectivity index (χ1) is 10.7. The molecule has 0 aromatic rings. The molecule has 0 saturated heterocycles. The second-order valence-corrected chi connectivity index (χ2v) is 5.69. The van der Waals surface area contributed by atoms with Gasteiger partial charge in [-0.1, -0.05) is 76.0 Å². The summed E-state index contributed by atoms with van der Waals surface area (Å²) in [6.45, 7) is 16.3. The van der Waals surface area contributed by atoms with E-state index in [2.05, 4.69) is 53.0 Å². The number of hydrogen-bond acceptors (Lipinski definition) is 0. The zero-order chi connectivity index (χ0) is 17.1. The van der Waals surface area contributed by atoms with Crippen LogP contribution in [-0.4, -0.2) is 0 Å². The highest BCUT2D eigenvalue weighted by Crippen LogP contribution is 2.12. The predicted octanol–water partition coefficient (Wildman–Crippen LogP) is 8.18. The summed E-state index contributed by atoms with van der Waals surface area (Å²) >= 11 is 0. The summed E-state index contributed by atoms with van der Waals surface area (Å²) in [5.41, 5.74) is 3.18. The predicted molar refractivity (Wildman–Crippen MR) is 105 cm³/mol. The molecular weight excluding hydrogens is 264 g/mol. The molecule has 0 nitrogen and oxygen atoms in total. The van der Waals surface area contributed by atoms with Crippen LogP contribution < -0.4 is 0 Å². The fourth-order valence-electron chi connectivity index (χ4n) is 2.15. The lowest BCUT2D eigenvalue weighted by Crippen LogP contribution is -1.81. The lowest BCUT2D eigenvalue weighted by atomic mass is 10.1. The smallest absolute Gasteiger partial charge is 0.0169 e. The van der Waals surface area contributed by atoms with Crippen molar-refractivity contribution >= 4 is 0 Å². The van der Waals surface area contributed by atoms with Gasteiger partial charge in [0.15, 0.2) is 0 Å². The molecule has 22 heavy (non-hydrogen) atoms. The van der Waals surface area contributed by atoms with E-state index in [4.69, 9.17) is 0 Å². The van der Waals surface area contributed by atoms with Crippen molar-refractivity contribution < 1.29 is 0 Å². The van der Waals surface area contributed by atoms with Gasteiger partial charge >= 0.3 is 0 Å². The van der Waals surface area contributed by atoms with Crippen LogP contribution in [0.2, 0.25) is 0 Å². The molecule has 0 saturated carbocycles. The van der Waals surface area contributed by atoms with Crippen molar-refractivity contribution in [2.75, 3.05) is 0 Å². The summed E-state index contributed by atoms with van der Waals surface area (Å²) in [5, 5.41) is 0. The van der Waals surface area contributed by atoms with E-state index in [-0.39, 0.29) is 0 Å². The summed E-state index contributed by atoms with van der Waals surface area (Å²) in [7, 11) is 0. The summed E-state index contributed by atoms with van der Waals surface area (Å²) in [6, 6.07) is 0. The Morgan fingerprint density at radius 1 is 0.682 bits per heavy atom. The normalized spacial score (nSPS) is 11.6. The van der Waals surface area contributed by atoms with Gasteiger partial charge in [0.25, 0.3) is 0 Å². The summed E-state index contributed by atoms with van der Waals surface area (Å²) in [5.74, 6) is 0. The first-order valence-electron chi connectivity index (χ1n) is 9.27. The number of rotatable bonds is 12. The lowest BCUT2D eigenvalue weighted by Gasteiger charge is -2.01. The lowest BCUT2D eigenvalue weighted by molar-refractivity contribution is 0.763.